The van der Waals surface area contributed by atoms with Gasteiger partial charge in [-0.2, -0.15) is 13.2 Å². The summed E-state index contributed by atoms with van der Waals surface area (Å²) < 4.78 is 60.4. The number of nitrogens with two attached hydrogens (primary N) is 1. The molecule has 2 aromatic carbocycles. The molecule has 0 saturated carbocycles. The maximum atomic E-state index is 14.9. The van der Waals surface area contributed by atoms with Crippen molar-refractivity contribution in [2.24, 2.45) is 11.7 Å². The van der Waals surface area contributed by atoms with Gasteiger partial charge in [0.2, 0.25) is 5.91 Å². The van der Waals surface area contributed by atoms with Crippen molar-refractivity contribution in [3.8, 4) is 0 Å². The predicted molar refractivity (Wildman–Crippen MR) is 172 cm³/mol. The predicted octanol–water partition coefficient (Wildman–Crippen LogP) is 6.43. The number of benzene rings is 2. The quantitative estimate of drug-likeness (QED) is 0.281. The van der Waals surface area contributed by atoms with Crippen molar-refractivity contribution < 1.29 is 36.6 Å². The zero-order chi connectivity index (χ0) is 35.3. The third-order valence-electron chi connectivity index (χ3n) is 9.45. The number of halogens is 5. The van der Waals surface area contributed by atoms with Crippen LogP contribution < -0.4 is 11.1 Å². The Labute approximate surface area is 274 Å². The van der Waals surface area contributed by atoms with E-state index in [0.717, 1.165) is 31.9 Å². The Morgan fingerprint density at radius 1 is 1.00 bits per heavy atom. The van der Waals surface area contributed by atoms with Gasteiger partial charge in [-0.25, -0.2) is 13.6 Å². The van der Waals surface area contributed by atoms with Crippen LogP contribution in [0.15, 0.2) is 30.3 Å². The first kappa shape index (κ1) is 38.4. The fourth-order valence-electron chi connectivity index (χ4n) is 6.61. The Hall–Kier alpha value is -3.09. The van der Waals surface area contributed by atoms with Crippen molar-refractivity contribution in [3.05, 3.63) is 69.8 Å². The van der Waals surface area contributed by atoms with E-state index in [-0.39, 0.29) is 29.3 Å². The summed E-state index contributed by atoms with van der Waals surface area (Å²) in [6.07, 6.45) is -2.29. The maximum Gasteiger partial charge on any atom is 0.490 e. The van der Waals surface area contributed by atoms with E-state index in [1.165, 1.54) is 34.4 Å². The van der Waals surface area contributed by atoms with Crippen molar-refractivity contribution in [1.82, 2.24) is 15.1 Å². The lowest BCUT2D eigenvalue weighted by Crippen LogP contribution is -2.44. The first-order valence-corrected chi connectivity index (χ1v) is 16.2. The Morgan fingerprint density at radius 2 is 1.60 bits per heavy atom. The average molecular weight is 669 g/mol. The highest BCUT2D eigenvalue weighted by molar-refractivity contribution is 5.81. The van der Waals surface area contributed by atoms with Gasteiger partial charge in [-0.3, -0.25) is 9.69 Å². The topological polar surface area (TPSA) is 98.9 Å². The zero-order valence-electron chi connectivity index (χ0n) is 28.2. The number of nitrogens with one attached hydrogen (secondary N) is 1. The largest absolute Gasteiger partial charge is 0.490 e. The van der Waals surface area contributed by atoms with Crippen LogP contribution in [0.2, 0.25) is 0 Å². The van der Waals surface area contributed by atoms with Crippen molar-refractivity contribution in [2.75, 3.05) is 39.3 Å². The van der Waals surface area contributed by atoms with Crippen LogP contribution in [-0.2, 0) is 9.59 Å². The number of likely N-dealkylation sites (tertiary alicyclic amines) is 2. The standard InChI is InChI=1S/C33H48F2N4O.C2HF3O2/c1-7-31(37-13-12-36)27-17-22(3)21(2)16-26(27)23-10-14-38(15-11-23)32(40)29-20-39(33(4,5)6)19-28(29)25-9-8-24(34)18-30(25)35;3-2(4,5)1(6)7/h8-9,16-18,23,28-29,31,37H,7,10-15,19-20,36H2,1-6H3;(H,6,7)/t28-,29+,31-;/m0./s1. The minimum Gasteiger partial charge on any atom is -0.475 e. The molecule has 4 N–H and O–H groups in total. The fraction of sp³-hybridized carbons (Fsp3) is 0.600. The van der Waals surface area contributed by atoms with Crippen LogP contribution in [0.4, 0.5) is 22.0 Å². The molecule has 2 heterocycles. The number of carboxylic acids is 1. The lowest BCUT2D eigenvalue weighted by atomic mass is 9.81. The summed E-state index contributed by atoms with van der Waals surface area (Å²) in [7, 11) is 0. The SMILES string of the molecule is CC[C@H](NCCN)c1cc(C)c(C)cc1C1CCN(C(=O)[C@@H]2CN(C(C)(C)C)C[C@H]2c2ccc(F)cc2F)CC1.O=C(O)C(F)(F)F. The summed E-state index contributed by atoms with van der Waals surface area (Å²) in [4.78, 5) is 27.1. The number of hydrogen-bond donors (Lipinski definition) is 3. The second kappa shape index (κ2) is 15.9. The highest BCUT2D eigenvalue weighted by Crippen LogP contribution is 2.40. The number of piperidine rings is 1. The van der Waals surface area contributed by atoms with Gasteiger partial charge in [-0.15, -0.1) is 0 Å². The molecule has 0 aliphatic carbocycles. The molecule has 12 heteroatoms. The number of hydrogen-bond acceptors (Lipinski definition) is 5. The van der Waals surface area contributed by atoms with Gasteiger partial charge in [0.05, 0.1) is 5.92 Å². The molecular weight excluding hydrogens is 619 g/mol. The van der Waals surface area contributed by atoms with E-state index in [9.17, 15) is 26.7 Å². The Balaban J connectivity index is 0.000000771. The van der Waals surface area contributed by atoms with Gasteiger partial charge in [0, 0.05) is 62.8 Å². The summed E-state index contributed by atoms with van der Waals surface area (Å²) in [5.74, 6) is -4.08. The minimum atomic E-state index is -5.08. The minimum absolute atomic E-state index is 0.0929. The van der Waals surface area contributed by atoms with Crippen LogP contribution >= 0.6 is 0 Å². The molecule has 2 saturated heterocycles. The average Bonchev–Trinajstić information content (AvgIpc) is 3.45. The number of amides is 1. The van der Waals surface area contributed by atoms with Gasteiger partial charge in [0.1, 0.15) is 11.6 Å². The first-order valence-electron chi connectivity index (χ1n) is 16.2. The number of carboxylic acid groups (broad SMARTS) is 1. The molecular formula is C35H49F5N4O3. The van der Waals surface area contributed by atoms with Gasteiger partial charge < -0.3 is 21.1 Å². The number of aryl methyl sites for hydroxylation is 2. The smallest absolute Gasteiger partial charge is 0.475 e. The van der Waals surface area contributed by atoms with Crippen LogP contribution in [0.3, 0.4) is 0 Å². The monoisotopic (exact) mass is 668 g/mol. The molecule has 47 heavy (non-hydrogen) atoms. The molecule has 0 radical (unpaired) electrons. The normalized spacial score (nSPS) is 20.1. The van der Waals surface area contributed by atoms with Gasteiger partial charge in [-0.1, -0.05) is 25.1 Å². The Morgan fingerprint density at radius 3 is 2.11 bits per heavy atom. The van der Waals surface area contributed by atoms with E-state index in [1.54, 1.807) is 0 Å². The second-order valence-corrected chi connectivity index (χ2v) is 13.6. The molecule has 1 amide bonds. The number of aliphatic carboxylic acids is 1. The van der Waals surface area contributed by atoms with Gasteiger partial charge in [0.15, 0.2) is 0 Å². The maximum absolute atomic E-state index is 14.9. The van der Waals surface area contributed by atoms with Crippen molar-refractivity contribution in [3.63, 3.8) is 0 Å². The molecule has 2 fully saturated rings. The molecule has 0 aromatic heterocycles. The van der Waals surface area contributed by atoms with Crippen LogP contribution in [0.1, 0.15) is 92.7 Å². The summed E-state index contributed by atoms with van der Waals surface area (Å²) in [5, 5.41) is 10.7. The van der Waals surface area contributed by atoms with Crippen LogP contribution in [-0.4, -0.2) is 77.8 Å². The summed E-state index contributed by atoms with van der Waals surface area (Å²) >= 11 is 0. The number of rotatable bonds is 8. The fourth-order valence-corrected chi connectivity index (χ4v) is 6.61. The van der Waals surface area contributed by atoms with Crippen molar-refractivity contribution in [1.29, 1.82) is 0 Å². The van der Waals surface area contributed by atoms with Gasteiger partial charge in [-0.05, 0) is 93.7 Å². The van der Waals surface area contributed by atoms with Crippen LogP contribution in [0.5, 0.6) is 0 Å². The highest BCUT2D eigenvalue weighted by atomic mass is 19.4. The van der Waals surface area contributed by atoms with Crippen molar-refractivity contribution >= 4 is 11.9 Å². The van der Waals surface area contributed by atoms with Crippen LogP contribution in [0.25, 0.3) is 0 Å². The molecule has 262 valence electrons. The van der Waals surface area contributed by atoms with Crippen molar-refractivity contribution in [2.45, 2.75) is 90.4 Å². The second-order valence-electron chi connectivity index (χ2n) is 13.6. The Kier molecular flexibility index (Phi) is 13.0. The molecule has 2 aliphatic rings. The number of carbonyl (C=O) groups excluding carboxylic acids is 1. The van der Waals surface area contributed by atoms with Gasteiger partial charge >= 0.3 is 12.1 Å². The van der Waals surface area contributed by atoms with E-state index in [4.69, 9.17) is 15.6 Å². The number of carbonyl (C=O) groups is 2. The summed E-state index contributed by atoms with van der Waals surface area (Å²) in [6.45, 7) is 16.8. The van der Waals surface area contributed by atoms with E-state index < -0.39 is 23.8 Å². The zero-order valence-corrected chi connectivity index (χ0v) is 28.2. The Bertz CT molecular complexity index is 1390. The molecule has 0 spiro atoms. The molecule has 4 rings (SSSR count). The lowest BCUT2D eigenvalue weighted by Gasteiger charge is -2.36. The van der Waals surface area contributed by atoms with Gasteiger partial charge in [0.25, 0.3) is 0 Å². The summed E-state index contributed by atoms with van der Waals surface area (Å²) in [6, 6.07) is 8.71. The third-order valence-corrected chi connectivity index (χ3v) is 9.45. The highest BCUT2D eigenvalue weighted by Gasteiger charge is 2.45. The van der Waals surface area contributed by atoms with Crippen LogP contribution in [0, 0.1) is 31.4 Å². The van der Waals surface area contributed by atoms with E-state index in [2.05, 4.69) is 63.9 Å². The van der Waals surface area contributed by atoms with E-state index in [1.807, 2.05) is 4.90 Å². The van der Waals surface area contributed by atoms with E-state index in [0.29, 0.717) is 44.2 Å². The lowest BCUT2D eigenvalue weighted by molar-refractivity contribution is -0.192. The molecule has 0 bridgehead atoms. The molecule has 7 nitrogen and oxygen atoms in total. The molecule has 2 aromatic rings. The number of alkyl halides is 3. The molecule has 3 atom stereocenters. The molecule has 0 unspecified atom stereocenters. The number of nitrogens with zero attached hydrogens (tertiary/aromatic N) is 2. The summed E-state index contributed by atoms with van der Waals surface area (Å²) in [5.41, 5.74) is 11.4. The third kappa shape index (κ3) is 9.73. The molecule has 2 aliphatic heterocycles. The first-order chi connectivity index (χ1) is 21.9. The van der Waals surface area contributed by atoms with E-state index >= 15 is 0 Å².